The number of urea groups is 1. The number of carbonyl (C=O) groups is 2. The fourth-order valence-electron chi connectivity index (χ4n) is 4.18. The van der Waals surface area contributed by atoms with Crippen LogP contribution >= 0.6 is 0 Å². The molecule has 1 fully saturated rings. The third-order valence-corrected chi connectivity index (χ3v) is 5.95. The lowest BCUT2D eigenvalue weighted by Crippen LogP contribution is -2.44. The number of hydrogen-bond donors (Lipinski definition) is 2. The van der Waals surface area contributed by atoms with E-state index in [9.17, 15) is 9.59 Å². The molecule has 2 N–H and O–H groups in total. The first-order chi connectivity index (χ1) is 13.5. The van der Waals surface area contributed by atoms with Crippen molar-refractivity contribution >= 4 is 12.0 Å². The molecule has 156 valence electrons. The number of carboxylic acids is 1. The first kappa shape index (κ1) is 22.2. The Morgan fingerprint density at radius 2 is 1.86 bits per heavy atom. The molecule has 2 unspecified atom stereocenters. The number of likely N-dealkylation sites (tertiary alicyclic amines) is 1. The van der Waals surface area contributed by atoms with Gasteiger partial charge < -0.3 is 15.3 Å². The number of nitrogens with one attached hydrogen (secondary N) is 1. The summed E-state index contributed by atoms with van der Waals surface area (Å²) >= 11 is 0. The van der Waals surface area contributed by atoms with Crippen LogP contribution in [-0.2, 0) is 4.79 Å². The van der Waals surface area contributed by atoms with Gasteiger partial charge in [-0.3, -0.25) is 9.69 Å². The standard InChI is InChI=1S/C22H35N3O3/c1-4-17(5-2)21(18-10-7-6-8-11-18)23-22(28)25-14-9-12-19(13-15-25)24(3)16-20(26)27/h6-8,10-11,17,19,21H,4-5,9,12-16H2,1-3H3,(H,23,28)(H,26,27). The number of amides is 2. The molecule has 28 heavy (non-hydrogen) atoms. The van der Waals surface area contributed by atoms with E-state index >= 15 is 0 Å². The molecule has 0 spiro atoms. The molecule has 0 aromatic heterocycles. The van der Waals surface area contributed by atoms with Crippen LogP contribution in [0.3, 0.4) is 0 Å². The third kappa shape index (κ3) is 6.23. The second-order valence-electron chi connectivity index (χ2n) is 7.80. The Hall–Kier alpha value is -2.08. The summed E-state index contributed by atoms with van der Waals surface area (Å²) in [6.45, 7) is 5.76. The van der Waals surface area contributed by atoms with Crippen molar-refractivity contribution in [3.63, 3.8) is 0 Å². The number of carbonyl (C=O) groups excluding carboxylic acids is 1. The maximum atomic E-state index is 13.0. The Balaban J connectivity index is 2.02. The molecule has 0 bridgehead atoms. The van der Waals surface area contributed by atoms with E-state index in [1.807, 2.05) is 35.0 Å². The molecule has 1 saturated heterocycles. The molecular formula is C22H35N3O3. The Morgan fingerprint density at radius 1 is 1.18 bits per heavy atom. The number of carboxylic acid groups (broad SMARTS) is 1. The summed E-state index contributed by atoms with van der Waals surface area (Å²) in [6.07, 6.45) is 4.64. The molecule has 1 heterocycles. The van der Waals surface area contributed by atoms with E-state index in [0.29, 0.717) is 19.0 Å². The van der Waals surface area contributed by atoms with Crippen molar-refractivity contribution in [3.8, 4) is 0 Å². The molecule has 0 saturated carbocycles. The summed E-state index contributed by atoms with van der Waals surface area (Å²) in [5.74, 6) is -0.412. The highest BCUT2D eigenvalue weighted by Crippen LogP contribution is 2.28. The van der Waals surface area contributed by atoms with E-state index in [0.717, 1.165) is 37.7 Å². The third-order valence-electron chi connectivity index (χ3n) is 5.95. The average Bonchev–Trinajstić information content (AvgIpc) is 2.94. The molecule has 1 aromatic rings. The molecule has 1 aliphatic rings. The van der Waals surface area contributed by atoms with E-state index in [1.165, 1.54) is 0 Å². The second kappa shape index (κ2) is 11.1. The molecular weight excluding hydrogens is 354 g/mol. The van der Waals surface area contributed by atoms with Gasteiger partial charge in [-0.1, -0.05) is 57.0 Å². The summed E-state index contributed by atoms with van der Waals surface area (Å²) in [7, 11) is 1.85. The van der Waals surface area contributed by atoms with Crippen LogP contribution in [0.4, 0.5) is 4.79 Å². The monoisotopic (exact) mass is 389 g/mol. The number of likely N-dealkylation sites (N-methyl/N-ethyl adjacent to an activating group) is 1. The lowest BCUT2D eigenvalue weighted by Gasteiger charge is -2.30. The number of hydrogen-bond acceptors (Lipinski definition) is 3. The molecule has 2 amide bonds. The highest BCUT2D eigenvalue weighted by Gasteiger charge is 2.27. The molecule has 0 radical (unpaired) electrons. The molecule has 2 rings (SSSR count). The quantitative estimate of drug-likeness (QED) is 0.710. The second-order valence-corrected chi connectivity index (χ2v) is 7.80. The topological polar surface area (TPSA) is 72.9 Å². The highest BCUT2D eigenvalue weighted by atomic mass is 16.4. The van der Waals surface area contributed by atoms with Gasteiger partial charge in [0.15, 0.2) is 0 Å². The summed E-state index contributed by atoms with van der Waals surface area (Å²) in [4.78, 5) is 27.8. The van der Waals surface area contributed by atoms with Crippen LogP contribution in [0.1, 0.15) is 57.6 Å². The van der Waals surface area contributed by atoms with Crippen LogP contribution in [0.25, 0.3) is 0 Å². The predicted octanol–water partition coefficient (Wildman–Crippen LogP) is 3.74. The first-order valence-electron chi connectivity index (χ1n) is 10.5. The maximum absolute atomic E-state index is 13.0. The van der Waals surface area contributed by atoms with Gasteiger partial charge in [-0.15, -0.1) is 0 Å². The maximum Gasteiger partial charge on any atom is 0.317 e. The minimum atomic E-state index is -0.808. The molecule has 0 aliphatic carbocycles. The number of benzene rings is 1. The Bertz CT molecular complexity index is 619. The summed E-state index contributed by atoms with van der Waals surface area (Å²) in [5, 5.41) is 12.3. The van der Waals surface area contributed by atoms with Crippen LogP contribution in [-0.4, -0.2) is 59.6 Å². The van der Waals surface area contributed by atoms with E-state index in [2.05, 4.69) is 31.3 Å². The molecule has 6 heteroatoms. The Labute approximate surface area is 168 Å². The normalized spacial score (nSPS) is 18.8. The van der Waals surface area contributed by atoms with Crippen molar-refractivity contribution in [1.29, 1.82) is 0 Å². The summed E-state index contributed by atoms with van der Waals surface area (Å²) in [5.41, 5.74) is 1.15. The van der Waals surface area contributed by atoms with Gasteiger partial charge in [0.1, 0.15) is 0 Å². The molecule has 1 aromatic carbocycles. The van der Waals surface area contributed by atoms with Gasteiger partial charge in [0.25, 0.3) is 0 Å². The van der Waals surface area contributed by atoms with Crippen LogP contribution in [0.2, 0.25) is 0 Å². The number of nitrogens with zero attached hydrogens (tertiary/aromatic N) is 2. The number of aliphatic carboxylic acids is 1. The molecule has 2 atom stereocenters. The van der Waals surface area contributed by atoms with Gasteiger partial charge in [0.2, 0.25) is 0 Å². The zero-order chi connectivity index (χ0) is 20.5. The SMILES string of the molecule is CCC(CC)C(NC(=O)N1CCCC(N(C)CC(=O)O)CC1)c1ccccc1. The van der Waals surface area contributed by atoms with Crippen LogP contribution in [0.15, 0.2) is 30.3 Å². The summed E-state index contributed by atoms with van der Waals surface area (Å²) in [6, 6.07) is 10.4. The van der Waals surface area contributed by atoms with E-state index < -0.39 is 5.97 Å². The minimum Gasteiger partial charge on any atom is -0.480 e. The largest absolute Gasteiger partial charge is 0.480 e. The zero-order valence-electron chi connectivity index (χ0n) is 17.4. The van der Waals surface area contributed by atoms with Gasteiger partial charge in [0, 0.05) is 19.1 Å². The molecule has 6 nitrogen and oxygen atoms in total. The number of rotatable bonds is 8. The van der Waals surface area contributed by atoms with E-state index in [-0.39, 0.29) is 24.7 Å². The smallest absolute Gasteiger partial charge is 0.317 e. The zero-order valence-corrected chi connectivity index (χ0v) is 17.4. The van der Waals surface area contributed by atoms with Crippen molar-refractivity contribution < 1.29 is 14.7 Å². The van der Waals surface area contributed by atoms with Crippen molar-refractivity contribution in [3.05, 3.63) is 35.9 Å². The van der Waals surface area contributed by atoms with Crippen molar-refractivity contribution in [2.75, 3.05) is 26.7 Å². The van der Waals surface area contributed by atoms with Crippen LogP contribution < -0.4 is 5.32 Å². The highest BCUT2D eigenvalue weighted by molar-refractivity contribution is 5.75. The summed E-state index contributed by atoms with van der Waals surface area (Å²) < 4.78 is 0. The Kier molecular flexibility index (Phi) is 8.77. The van der Waals surface area contributed by atoms with Crippen molar-refractivity contribution in [1.82, 2.24) is 15.1 Å². The van der Waals surface area contributed by atoms with Gasteiger partial charge in [-0.05, 0) is 37.8 Å². The average molecular weight is 390 g/mol. The van der Waals surface area contributed by atoms with Gasteiger partial charge in [-0.2, -0.15) is 0 Å². The van der Waals surface area contributed by atoms with E-state index in [1.54, 1.807) is 0 Å². The van der Waals surface area contributed by atoms with Crippen LogP contribution in [0.5, 0.6) is 0 Å². The van der Waals surface area contributed by atoms with Crippen molar-refractivity contribution in [2.45, 2.75) is 58.0 Å². The Morgan fingerprint density at radius 3 is 2.46 bits per heavy atom. The fraction of sp³-hybridized carbons (Fsp3) is 0.636. The minimum absolute atomic E-state index is 0.0115. The fourth-order valence-corrected chi connectivity index (χ4v) is 4.18. The van der Waals surface area contributed by atoms with Gasteiger partial charge >= 0.3 is 12.0 Å². The lowest BCUT2D eigenvalue weighted by molar-refractivity contribution is -0.138. The van der Waals surface area contributed by atoms with Crippen molar-refractivity contribution in [2.24, 2.45) is 5.92 Å². The first-order valence-corrected chi connectivity index (χ1v) is 10.5. The molecule has 1 aliphatic heterocycles. The van der Waals surface area contributed by atoms with Gasteiger partial charge in [0.05, 0.1) is 12.6 Å². The van der Waals surface area contributed by atoms with Crippen LogP contribution in [0, 0.1) is 5.92 Å². The predicted molar refractivity (Wildman–Crippen MR) is 111 cm³/mol. The van der Waals surface area contributed by atoms with Gasteiger partial charge in [-0.25, -0.2) is 4.79 Å². The lowest BCUT2D eigenvalue weighted by atomic mass is 9.89. The van der Waals surface area contributed by atoms with E-state index in [4.69, 9.17) is 5.11 Å².